The molecule has 0 radical (unpaired) electrons. The van der Waals surface area contributed by atoms with Crippen molar-refractivity contribution in [3.05, 3.63) is 94.5 Å². The monoisotopic (exact) mass is 530 g/mol. The first-order valence-corrected chi connectivity index (χ1v) is 12.4. The minimum atomic E-state index is -0.537. The normalized spacial score (nSPS) is 11.0. The summed E-state index contributed by atoms with van der Waals surface area (Å²) in [4.78, 5) is 24.5. The van der Waals surface area contributed by atoms with E-state index in [0.717, 1.165) is 12.1 Å². The molecule has 0 atom stereocenters. The lowest BCUT2D eigenvalue weighted by atomic mass is 10.1. The highest BCUT2D eigenvalue weighted by molar-refractivity contribution is 6.30. The molecule has 0 aliphatic carbocycles. The number of ether oxygens (including phenoxy) is 2. The van der Waals surface area contributed by atoms with Gasteiger partial charge in [0.15, 0.2) is 0 Å². The molecule has 3 rings (SSSR count). The number of hydrogen-bond acceptors (Lipinski definition) is 4. The van der Waals surface area contributed by atoms with Crippen LogP contribution in [0.25, 0.3) is 0 Å². The van der Waals surface area contributed by atoms with E-state index in [2.05, 4.69) is 29.7 Å². The fourth-order valence-corrected chi connectivity index (χ4v) is 3.96. The van der Waals surface area contributed by atoms with Crippen molar-refractivity contribution in [2.24, 2.45) is 0 Å². The van der Waals surface area contributed by atoms with Crippen LogP contribution in [0, 0.1) is 0 Å². The molecule has 36 heavy (non-hydrogen) atoms. The Morgan fingerprint density at radius 2 is 1.17 bits per heavy atom. The number of carbonyl (C=O) groups excluding carboxylic acids is 2. The summed E-state index contributed by atoms with van der Waals surface area (Å²) in [6, 6.07) is 23.7. The average molecular weight is 531 g/mol. The summed E-state index contributed by atoms with van der Waals surface area (Å²) in [5, 5.41) is 6.56. The Balaban J connectivity index is 1.56. The molecule has 0 saturated heterocycles. The quantitative estimate of drug-likeness (QED) is 0.266. The Bertz CT molecular complexity index is 1040. The molecule has 0 bridgehead atoms. The van der Waals surface area contributed by atoms with E-state index in [9.17, 15) is 9.59 Å². The van der Waals surface area contributed by atoms with Crippen LogP contribution < -0.4 is 10.6 Å². The van der Waals surface area contributed by atoms with Crippen molar-refractivity contribution in [3.63, 3.8) is 0 Å². The first-order chi connectivity index (χ1) is 17.4. The molecule has 0 heterocycles. The Hall–Kier alpha value is -3.26. The van der Waals surface area contributed by atoms with Gasteiger partial charge in [-0.3, -0.25) is 10.6 Å². The second-order valence-corrected chi connectivity index (χ2v) is 9.16. The summed E-state index contributed by atoms with van der Waals surface area (Å²) >= 11 is 11.8. The maximum absolute atomic E-state index is 12.3. The van der Waals surface area contributed by atoms with Crippen molar-refractivity contribution in [2.45, 2.75) is 13.5 Å². The molecule has 0 spiro atoms. The van der Waals surface area contributed by atoms with Crippen LogP contribution in [-0.4, -0.2) is 49.5 Å². The number of quaternary nitrogens is 1. The number of likely N-dealkylation sites (N-methyl/N-ethyl adjacent to an activating group) is 1. The molecule has 2 amide bonds. The minimum absolute atomic E-state index is 0.205. The van der Waals surface area contributed by atoms with Crippen LogP contribution in [0.2, 0.25) is 10.0 Å². The number of amides is 2. The maximum atomic E-state index is 12.3. The zero-order valence-corrected chi connectivity index (χ0v) is 21.6. The SMILES string of the molecule is CC[N+](CCOC(=O)Nc1ccc(Cl)cc1)(CCOC(=O)Nc1ccc(Cl)cc1)Cc1ccccc1. The average Bonchev–Trinajstić information content (AvgIpc) is 2.87. The van der Waals surface area contributed by atoms with Gasteiger partial charge in [0.2, 0.25) is 0 Å². The zero-order valence-electron chi connectivity index (χ0n) is 20.1. The first kappa shape index (κ1) is 27.3. The van der Waals surface area contributed by atoms with E-state index in [1.54, 1.807) is 48.5 Å². The van der Waals surface area contributed by atoms with Crippen LogP contribution in [0.15, 0.2) is 78.9 Å². The molecular weight excluding hydrogens is 501 g/mol. The van der Waals surface area contributed by atoms with E-state index < -0.39 is 12.2 Å². The molecule has 0 fully saturated rings. The molecule has 0 unspecified atom stereocenters. The summed E-state index contributed by atoms with van der Waals surface area (Å²) < 4.78 is 11.5. The van der Waals surface area contributed by atoms with Crippen molar-refractivity contribution >= 4 is 46.8 Å². The molecule has 3 aromatic carbocycles. The summed E-state index contributed by atoms with van der Waals surface area (Å²) in [5.41, 5.74) is 2.35. The summed E-state index contributed by atoms with van der Waals surface area (Å²) in [6.07, 6.45) is -1.07. The lowest BCUT2D eigenvalue weighted by Crippen LogP contribution is -2.51. The second-order valence-electron chi connectivity index (χ2n) is 8.28. The van der Waals surface area contributed by atoms with Gasteiger partial charge in [0, 0.05) is 27.0 Å². The lowest BCUT2D eigenvalue weighted by molar-refractivity contribution is -0.939. The van der Waals surface area contributed by atoms with Gasteiger partial charge in [-0.25, -0.2) is 9.59 Å². The highest BCUT2D eigenvalue weighted by Crippen LogP contribution is 2.17. The van der Waals surface area contributed by atoms with Crippen LogP contribution in [0.3, 0.4) is 0 Å². The number of rotatable bonds is 11. The van der Waals surface area contributed by atoms with Gasteiger partial charge in [-0.1, -0.05) is 53.5 Å². The van der Waals surface area contributed by atoms with Crippen molar-refractivity contribution < 1.29 is 23.5 Å². The smallest absolute Gasteiger partial charge is 0.411 e. The number of hydrogen-bond donors (Lipinski definition) is 2. The van der Waals surface area contributed by atoms with Gasteiger partial charge < -0.3 is 14.0 Å². The van der Waals surface area contributed by atoms with Gasteiger partial charge >= 0.3 is 12.2 Å². The van der Waals surface area contributed by atoms with Gasteiger partial charge in [0.1, 0.15) is 32.8 Å². The number of nitrogens with zero attached hydrogens (tertiary/aromatic N) is 1. The molecular formula is C27H30Cl2N3O4+. The lowest BCUT2D eigenvalue weighted by Gasteiger charge is -2.37. The van der Waals surface area contributed by atoms with Crippen LogP contribution in [0.1, 0.15) is 12.5 Å². The summed E-state index contributed by atoms with van der Waals surface area (Å²) in [7, 11) is 0. The van der Waals surface area contributed by atoms with Crippen molar-refractivity contribution in [2.75, 3.05) is 43.5 Å². The highest BCUT2D eigenvalue weighted by atomic mass is 35.5. The van der Waals surface area contributed by atoms with E-state index in [1.807, 2.05) is 18.2 Å². The molecule has 9 heteroatoms. The molecule has 2 N–H and O–H groups in total. The van der Waals surface area contributed by atoms with Gasteiger partial charge in [0.25, 0.3) is 0 Å². The number of anilines is 2. The molecule has 7 nitrogen and oxygen atoms in total. The molecule has 0 saturated carbocycles. The number of halogens is 2. The minimum Gasteiger partial charge on any atom is -0.443 e. The van der Waals surface area contributed by atoms with Gasteiger partial charge in [0.05, 0.1) is 6.54 Å². The maximum Gasteiger partial charge on any atom is 0.411 e. The van der Waals surface area contributed by atoms with Crippen molar-refractivity contribution in [3.8, 4) is 0 Å². The Labute approximate surface area is 221 Å². The molecule has 190 valence electrons. The van der Waals surface area contributed by atoms with Crippen LogP contribution in [-0.2, 0) is 16.0 Å². The van der Waals surface area contributed by atoms with E-state index in [1.165, 1.54) is 0 Å². The third-order valence-electron chi connectivity index (χ3n) is 5.81. The number of benzene rings is 3. The predicted octanol–water partition coefficient (Wildman–Crippen LogP) is 6.83. The fourth-order valence-electron chi connectivity index (χ4n) is 3.71. The second kappa shape index (κ2) is 13.7. The van der Waals surface area contributed by atoms with Gasteiger partial charge in [-0.15, -0.1) is 0 Å². The topological polar surface area (TPSA) is 76.7 Å². The first-order valence-electron chi connectivity index (χ1n) is 11.7. The Morgan fingerprint density at radius 3 is 1.58 bits per heavy atom. The van der Waals surface area contributed by atoms with Crippen LogP contribution in [0.5, 0.6) is 0 Å². The van der Waals surface area contributed by atoms with E-state index >= 15 is 0 Å². The summed E-state index contributed by atoms with van der Waals surface area (Å²) in [5.74, 6) is 0. The van der Waals surface area contributed by atoms with Gasteiger partial charge in [-0.2, -0.15) is 0 Å². The predicted molar refractivity (Wildman–Crippen MR) is 144 cm³/mol. The molecule has 0 aliphatic heterocycles. The Kier molecular flexibility index (Phi) is 10.4. The molecule has 3 aromatic rings. The third kappa shape index (κ3) is 9.07. The van der Waals surface area contributed by atoms with Gasteiger partial charge in [-0.05, 0) is 55.5 Å². The van der Waals surface area contributed by atoms with E-state index in [-0.39, 0.29) is 13.2 Å². The van der Waals surface area contributed by atoms with Crippen molar-refractivity contribution in [1.82, 2.24) is 0 Å². The summed E-state index contributed by atoms with van der Waals surface area (Å²) in [6.45, 7) is 5.07. The van der Waals surface area contributed by atoms with E-state index in [0.29, 0.717) is 45.5 Å². The molecule has 0 aliphatic rings. The van der Waals surface area contributed by atoms with E-state index in [4.69, 9.17) is 32.7 Å². The Morgan fingerprint density at radius 1 is 0.722 bits per heavy atom. The zero-order chi connectivity index (χ0) is 25.8. The fraction of sp³-hybridized carbons (Fsp3) is 0.259. The standard InChI is InChI=1S/C27H29Cl2N3O4/c1-2-32(20-21-6-4-3-5-7-21,16-18-35-26(33)30-24-12-8-22(28)9-13-24)17-19-36-27(34)31-25-14-10-23(29)11-15-25/h3-15H,2,16-20H2,1H3,(H-,30,31,33,34)/p+1. The number of nitrogens with one attached hydrogen (secondary N) is 2. The van der Waals surface area contributed by atoms with Crippen LogP contribution in [0.4, 0.5) is 21.0 Å². The van der Waals surface area contributed by atoms with Crippen LogP contribution >= 0.6 is 23.2 Å². The largest absolute Gasteiger partial charge is 0.443 e. The third-order valence-corrected chi connectivity index (χ3v) is 6.31. The van der Waals surface area contributed by atoms with Crippen molar-refractivity contribution in [1.29, 1.82) is 0 Å². The number of carbonyl (C=O) groups is 2. The molecule has 0 aromatic heterocycles. The highest BCUT2D eigenvalue weighted by Gasteiger charge is 2.27.